The molecule has 0 radical (unpaired) electrons. The minimum atomic E-state index is -2.06. The van der Waals surface area contributed by atoms with Gasteiger partial charge in [0.15, 0.2) is 17.4 Å². The molecule has 3 aromatic rings. The minimum Gasteiger partial charge on any atom is -0.478 e. The van der Waals surface area contributed by atoms with E-state index in [4.69, 9.17) is 14.9 Å². The lowest BCUT2D eigenvalue weighted by Crippen LogP contribution is -2.13. The number of aromatic carboxylic acids is 2. The van der Waals surface area contributed by atoms with Gasteiger partial charge in [-0.05, 0) is 18.2 Å². The molecule has 0 heterocycles. The van der Waals surface area contributed by atoms with E-state index in [9.17, 15) is 31.9 Å². The van der Waals surface area contributed by atoms with Crippen molar-refractivity contribution in [1.29, 1.82) is 0 Å². The average molecular weight is 434 g/mol. The molecule has 3 aromatic carbocycles. The fraction of sp³-hybridized carbons (Fsp3) is 0. The van der Waals surface area contributed by atoms with E-state index in [-0.39, 0.29) is 5.56 Å². The molecule has 0 amide bonds. The minimum absolute atomic E-state index is 0.229. The predicted octanol–water partition coefficient (Wildman–Crippen LogP) is 4.66. The van der Waals surface area contributed by atoms with Crippen molar-refractivity contribution in [3.8, 4) is 11.5 Å². The van der Waals surface area contributed by atoms with Gasteiger partial charge in [0.2, 0.25) is 17.4 Å². The molecule has 158 valence electrons. The van der Waals surface area contributed by atoms with Crippen molar-refractivity contribution < 1.29 is 46.9 Å². The summed E-state index contributed by atoms with van der Waals surface area (Å²) < 4.78 is 62.7. The number of halogens is 4. The Morgan fingerprint density at radius 1 is 0.677 bits per heavy atom. The van der Waals surface area contributed by atoms with Crippen molar-refractivity contribution in [3.05, 3.63) is 94.1 Å². The van der Waals surface area contributed by atoms with E-state index in [2.05, 4.69) is 0 Å². The number of rotatable bonds is 6. The third-order valence-corrected chi connectivity index (χ3v) is 4.11. The standard InChI is InChI=1S/C21H10F4O6/c22-14-13(18(26)9-4-2-1-3-5-9)15(23)17(25)19(16(14)24)31-12-7-10(20(27)28)6-11(8-12)21(29)30/h1-8H,(H,27,28)(H,29,30). The summed E-state index contributed by atoms with van der Waals surface area (Å²) in [6, 6.07) is 8.79. The smallest absolute Gasteiger partial charge is 0.335 e. The molecule has 0 fully saturated rings. The molecule has 0 bridgehead atoms. The number of benzene rings is 3. The molecule has 3 rings (SSSR count). The molecule has 0 unspecified atom stereocenters. The molecule has 2 N–H and O–H groups in total. The van der Waals surface area contributed by atoms with Crippen LogP contribution in [0.2, 0.25) is 0 Å². The molecule has 0 aliphatic rings. The van der Waals surface area contributed by atoms with E-state index >= 15 is 0 Å². The summed E-state index contributed by atoms with van der Waals surface area (Å²) in [6.45, 7) is 0. The number of hydrogen-bond acceptors (Lipinski definition) is 4. The Kier molecular flexibility index (Phi) is 5.73. The van der Waals surface area contributed by atoms with E-state index in [0.29, 0.717) is 12.1 Å². The second-order valence-corrected chi connectivity index (χ2v) is 6.11. The first kappa shape index (κ1) is 21.5. The molecule has 0 aromatic heterocycles. The molecule has 31 heavy (non-hydrogen) atoms. The number of hydrogen-bond donors (Lipinski definition) is 2. The Morgan fingerprint density at radius 2 is 1.16 bits per heavy atom. The molecule has 6 nitrogen and oxygen atoms in total. The second-order valence-electron chi connectivity index (χ2n) is 6.11. The van der Waals surface area contributed by atoms with Crippen molar-refractivity contribution in [2.45, 2.75) is 0 Å². The maximum absolute atomic E-state index is 14.5. The maximum Gasteiger partial charge on any atom is 0.335 e. The average Bonchev–Trinajstić information content (AvgIpc) is 2.75. The highest BCUT2D eigenvalue weighted by molar-refractivity contribution is 6.09. The third kappa shape index (κ3) is 4.08. The monoisotopic (exact) mass is 434 g/mol. The van der Waals surface area contributed by atoms with Crippen molar-refractivity contribution in [2.75, 3.05) is 0 Å². The summed E-state index contributed by atoms with van der Waals surface area (Å²) in [4.78, 5) is 34.6. The van der Waals surface area contributed by atoms with Crippen LogP contribution in [0.15, 0.2) is 48.5 Å². The zero-order chi connectivity index (χ0) is 22.9. The highest BCUT2D eigenvalue weighted by Crippen LogP contribution is 2.35. The number of carboxylic acids is 2. The van der Waals surface area contributed by atoms with E-state index in [1.807, 2.05) is 0 Å². The lowest BCUT2D eigenvalue weighted by atomic mass is 10.0. The van der Waals surface area contributed by atoms with Crippen LogP contribution < -0.4 is 4.74 Å². The first-order valence-electron chi connectivity index (χ1n) is 8.37. The number of ketones is 1. The van der Waals surface area contributed by atoms with Gasteiger partial charge in [-0.3, -0.25) is 4.79 Å². The molecular formula is C21H10F4O6. The van der Waals surface area contributed by atoms with Crippen molar-refractivity contribution in [3.63, 3.8) is 0 Å². The Balaban J connectivity index is 2.12. The van der Waals surface area contributed by atoms with Crippen molar-refractivity contribution >= 4 is 17.7 Å². The number of carbonyl (C=O) groups excluding carboxylic acids is 1. The van der Waals surface area contributed by atoms with Gasteiger partial charge in [0.05, 0.1) is 11.1 Å². The van der Waals surface area contributed by atoms with E-state index in [1.54, 1.807) is 0 Å². The van der Waals surface area contributed by atoms with Gasteiger partial charge in [0.25, 0.3) is 0 Å². The van der Waals surface area contributed by atoms with Crippen LogP contribution in [0.25, 0.3) is 0 Å². The van der Waals surface area contributed by atoms with Crippen LogP contribution in [0.4, 0.5) is 17.6 Å². The fourth-order valence-corrected chi connectivity index (χ4v) is 2.66. The zero-order valence-corrected chi connectivity index (χ0v) is 15.2. The third-order valence-electron chi connectivity index (χ3n) is 4.11. The van der Waals surface area contributed by atoms with Crippen molar-refractivity contribution in [2.24, 2.45) is 0 Å². The topological polar surface area (TPSA) is 101 Å². The van der Waals surface area contributed by atoms with Gasteiger partial charge in [-0.2, -0.15) is 8.78 Å². The SMILES string of the molecule is O=C(O)c1cc(Oc2c(F)c(F)c(C(=O)c3ccccc3)c(F)c2F)cc(C(=O)O)c1. The van der Waals surface area contributed by atoms with Crippen LogP contribution >= 0.6 is 0 Å². The van der Waals surface area contributed by atoms with Crippen molar-refractivity contribution in [1.82, 2.24) is 0 Å². The summed E-state index contributed by atoms with van der Waals surface area (Å²) >= 11 is 0. The van der Waals surface area contributed by atoms with Crippen LogP contribution in [-0.4, -0.2) is 27.9 Å². The van der Waals surface area contributed by atoms with Gasteiger partial charge in [-0.25, -0.2) is 18.4 Å². The largest absolute Gasteiger partial charge is 0.478 e. The predicted molar refractivity (Wildman–Crippen MR) is 96.6 cm³/mol. The van der Waals surface area contributed by atoms with Gasteiger partial charge in [0.1, 0.15) is 11.3 Å². The van der Waals surface area contributed by atoms with Gasteiger partial charge in [0, 0.05) is 5.56 Å². The lowest BCUT2D eigenvalue weighted by molar-refractivity contribution is 0.0696. The molecular weight excluding hydrogens is 424 g/mol. The molecule has 10 heteroatoms. The second kappa shape index (κ2) is 8.27. The normalized spacial score (nSPS) is 10.6. The highest BCUT2D eigenvalue weighted by Gasteiger charge is 2.31. The van der Waals surface area contributed by atoms with E-state index in [1.165, 1.54) is 30.3 Å². The van der Waals surface area contributed by atoms with Crippen LogP contribution in [-0.2, 0) is 0 Å². The molecule has 0 aliphatic carbocycles. The summed E-state index contributed by atoms with van der Waals surface area (Å²) in [5.74, 6) is -15.0. The van der Waals surface area contributed by atoms with Crippen LogP contribution in [0.5, 0.6) is 11.5 Å². The molecule has 0 saturated carbocycles. The molecule has 0 saturated heterocycles. The summed E-state index contributed by atoms with van der Waals surface area (Å²) in [5.41, 5.74) is -2.95. The molecule has 0 spiro atoms. The van der Waals surface area contributed by atoms with Gasteiger partial charge < -0.3 is 14.9 Å². The first-order chi connectivity index (χ1) is 14.6. The van der Waals surface area contributed by atoms with Gasteiger partial charge >= 0.3 is 11.9 Å². The summed E-state index contributed by atoms with van der Waals surface area (Å²) in [5, 5.41) is 18.1. The Hall–Kier alpha value is -4.21. The molecule has 0 aliphatic heterocycles. The highest BCUT2D eigenvalue weighted by atomic mass is 19.2. The summed E-state index contributed by atoms with van der Waals surface area (Å²) in [6.07, 6.45) is 0. The quantitative estimate of drug-likeness (QED) is 0.332. The number of carbonyl (C=O) groups is 3. The molecule has 0 atom stereocenters. The number of carboxylic acid groups (broad SMARTS) is 2. The Labute approximate surface area is 170 Å². The zero-order valence-electron chi connectivity index (χ0n) is 15.2. The van der Waals surface area contributed by atoms with E-state index < -0.39 is 69.2 Å². The summed E-state index contributed by atoms with van der Waals surface area (Å²) in [7, 11) is 0. The lowest BCUT2D eigenvalue weighted by Gasteiger charge is -2.13. The first-order valence-corrected chi connectivity index (χ1v) is 8.37. The van der Waals surface area contributed by atoms with Gasteiger partial charge in [-0.1, -0.05) is 30.3 Å². The van der Waals surface area contributed by atoms with Crippen LogP contribution in [0.3, 0.4) is 0 Å². The van der Waals surface area contributed by atoms with Gasteiger partial charge in [-0.15, -0.1) is 0 Å². The Bertz CT molecular complexity index is 1160. The maximum atomic E-state index is 14.5. The Morgan fingerprint density at radius 3 is 1.61 bits per heavy atom. The van der Waals surface area contributed by atoms with Crippen LogP contribution in [0.1, 0.15) is 36.6 Å². The fourth-order valence-electron chi connectivity index (χ4n) is 2.66. The number of ether oxygens (including phenoxy) is 1. The van der Waals surface area contributed by atoms with Crippen LogP contribution in [0, 0.1) is 23.3 Å². The van der Waals surface area contributed by atoms with E-state index in [0.717, 1.165) is 6.07 Å².